The summed E-state index contributed by atoms with van der Waals surface area (Å²) in [6, 6.07) is 2.91. The minimum atomic E-state index is -0.866. The molecule has 6 nitrogen and oxygen atoms in total. The van der Waals surface area contributed by atoms with Crippen molar-refractivity contribution in [2.24, 2.45) is 10.8 Å². The van der Waals surface area contributed by atoms with Gasteiger partial charge in [0.15, 0.2) is 10.9 Å². The number of carbonyl (C=O) groups is 1. The largest absolute Gasteiger partial charge is 0.455 e. The SMILES string of the molecule is Cc1c(C(=O)Nc2ccc(F)cc2F)oc2c1/C(=N/NC(N)=S)CCC2. The van der Waals surface area contributed by atoms with Gasteiger partial charge in [0.2, 0.25) is 0 Å². The van der Waals surface area contributed by atoms with Gasteiger partial charge in [-0.1, -0.05) is 0 Å². The number of furan rings is 1. The highest BCUT2D eigenvalue weighted by Crippen LogP contribution is 2.30. The molecule has 1 amide bonds. The van der Waals surface area contributed by atoms with E-state index in [1.54, 1.807) is 6.92 Å². The van der Waals surface area contributed by atoms with Crippen molar-refractivity contribution in [3.8, 4) is 0 Å². The van der Waals surface area contributed by atoms with Gasteiger partial charge in [0.05, 0.1) is 11.4 Å². The molecule has 3 rings (SSSR count). The second-order valence-corrected chi connectivity index (χ2v) is 6.26. The van der Waals surface area contributed by atoms with Crippen LogP contribution in [-0.4, -0.2) is 16.7 Å². The van der Waals surface area contributed by atoms with Crippen LogP contribution in [-0.2, 0) is 6.42 Å². The fourth-order valence-electron chi connectivity index (χ4n) is 2.89. The molecule has 0 aliphatic heterocycles. The van der Waals surface area contributed by atoms with Gasteiger partial charge in [0.25, 0.3) is 5.91 Å². The Morgan fingerprint density at radius 2 is 2.12 bits per heavy atom. The summed E-state index contributed by atoms with van der Waals surface area (Å²) in [6.45, 7) is 1.72. The van der Waals surface area contributed by atoms with Gasteiger partial charge in [-0.15, -0.1) is 0 Å². The second-order valence-electron chi connectivity index (χ2n) is 5.82. The van der Waals surface area contributed by atoms with Gasteiger partial charge in [-0.25, -0.2) is 8.78 Å². The maximum Gasteiger partial charge on any atom is 0.291 e. The van der Waals surface area contributed by atoms with Crippen LogP contribution in [0.3, 0.4) is 0 Å². The third kappa shape index (κ3) is 3.57. The number of rotatable bonds is 3. The number of thiocarbonyl (C=S) groups is 1. The average Bonchev–Trinajstić information content (AvgIpc) is 2.93. The van der Waals surface area contributed by atoms with E-state index in [0.717, 1.165) is 24.1 Å². The minimum Gasteiger partial charge on any atom is -0.455 e. The molecule has 0 fully saturated rings. The Labute approximate surface area is 153 Å². The standard InChI is InChI=1S/C17H16F2N4O2S/c1-8-14-12(22-23-17(20)26)3-2-4-13(14)25-15(8)16(24)21-11-6-5-9(18)7-10(11)19/h5-7H,2-4H2,1H3,(H,21,24)(H3,20,23,26)/b22-12+. The Hall–Kier alpha value is -2.81. The van der Waals surface area contributed by atoms with Crippen molar-refractivity contribution in [1.29, 1.82) is 0 Å². The minimum absolute atomic E-state index is 0.0375. The van der Waals surface area contributed by atoms with E-state index in [1.807, 2.05) is 0 Å². The Morgan fingerprint density at radius 3 is 2.81 bits per heavy atom. The molecule has 1 aliphatic rings. The number of nitrogens with zero attached hydrogens (tertiary/aromatic N) is 1. The van der Waals surface area contributed by atoms with Crippen molar-refractivity contribution in [3.05, 3.63) is 52.5 Å². The lowest BCUT2D eigenvalue weighted by Gasteiger charge is -2.13. The van der Waals surface area contributed by atoms with Crippen LogP contribution in [0, 0.1) is 18.6 Å². The smallest absolute Gasteiger partial charge is 0.291 e. The number of nitrogens with one attached hydrogen (secondary N) is 2. The first-order chi connectivity index (χ1) is 12.4. The van der Waals surface area contributed by atoms with E-state index in [0.29, 0.717) is 35.9 Å². The van der Waals surface area contributed by atoms with Crippen LogP contribution < -0.4 is 16.5 Å². The number of benzene rings is 1. The number of nitrogens with two attached hydrogens (primary N) is 1. The molecule has 1 heterocycles. The van der Waals surface area contributed by atoms with Crippen LogP contribution in [0.4, 0.5) is 14.5 Å². The van der Waals surface area contributed by atoms with Gasteiger partial charge in [-0.05, 0) is 44.1 Å². The summed E-state index contributed by atoms with van der Waals surface area (Å²) in [5.74, 6) is -1.53. The number of fused-ring (bicyclic) bond motifs is 1. The number of halogens is 2. The Morgan fingerprint density at radius 1 is 1.35 bits per heavy atom. The van der Waals surface area contributed by atoms with Gasteiger partial charge in [-0.2, -0.15) is 5.10 Å². The zero-order valence-corrected chi connectivity index (χ0v) is 14.7. The van der Waals surface area contributed by atoms with Gasteiger partial charge in [-0.3, -0.25) is 10.2 Å². The molecule has 0 saturated heterocycles. The summed E-state index contributed by atoms with van der Waals surface area (Å²) >= 11 is 4.75. The quantitative estimate of drug-likeness (QED) is 0.564. The molecule has 4 N–H and O–H groups in total. The van der Waals surface area contributed by atoms with Crippen molar-refractivity contribution in [2.45, 2.75) is 26.2 Å². The maximum absolute atomic E-state index is 13.8. The first-order valence-electron chi connectivity index (χ1n) is 7.88. The highest BCUT2D eigenvalue weighted by molar-refractivity contribution is 7.80. The van der Waals surface area contributed by atoms with Gasteiger partial charge >= 0.3 is 0 Å². The van der Waals surface area contributed by atoms with Crippen LogP contribution in [0.15, 0.2) is 27.7 Å². The summed E-state index contributed by atoms with van der Waals surface area (Å²) in [4.78, 5) is 12.5. The molecule has 1 aliphatic carbocycles. The van der Waals surface area contributed by atoms with Crippen LogP contribution >= 0.6 is 12.2 Å². The molecule has 0 atom stereocenters. The number of anilines is 1. The molecule has 26 heavy (non-hydrogen) atoms. The molecular weight excluding hydrogens is 362 g/mol. The van der Waals surface area contributed by atoms with Gasteiger partial charge in [0, 0.05) is 23.6 Å². The molecule has 136 valence electrons. The fourth-order valence-corrected chi connectivity index (χ4v) is 2.93. The average molecular weight is 378 g/mol. The lowest BCUT2D eigenvalue weighted by atomic mass is 9.93. The number of hydrogen-bond donors (Lipinski definition) is 3. The summed E-state index contributed by atoms with van der Waals surface area (Å²) in [6.07, 6.45) is 2.13. The Kier molecular flexibility index (Phi) is 4.99. The van der Waals surface area contributed by atoms with Crippen molar-refractivity contribution >= 4 is 34.6 Å². The molecule has 1 aromatic carbocycles. The first kappa shape index (κ1) is 18.0. The number of carbonyl (C=O) groups excluding carboxylic acids is 1. The lowest BCUT2D eigenvalue weighted by Crippen LogP contribution is -2.26. The molecule has 2 aromatic rings. The monoisotopic (exact) mass is 378 g/mol. The topological polar surface area (TPSA) is 92.6 Å². The van der Waals surface area contributed by atoms with Crippen molar-refractivity contribution in [2.75, 3.05) is 5.32 Å². The normalized spacial score (nSPS) is 14.8. The molecule has 0 radical (unpaired) electrons. The van der Waals surface area contributed by atoms with Gasteiger partial charge < -0.3 is 15.5 Å². The number of aryl methyl sites for hydroxylation is 1. The summed E-state index contributed by atoms with van der Waals surface area (Å²) in [5.41, 5.74) is 9.81. The molecule has 0 spiro atoms. The van der Waals surface area contributed by atoms with E-state index in [1.165, 1.54) is 0 Å². The highest BCUT2D eigenvalue weighted by atomic mass is 32.1. The highest BCUT2D eigenvalue weighted by Gasteiger charge is 2.28. The van der Waals surface area contributed by atoms with E-state index in [2.05, 4.69) is 15.8 Å². The van der Waals surface area contributed by atoms with Crippen molar-refractivity contribution in [1.82, 2.24) is 5.43 Å². The predicted octanol–water partition coefficient (Wildman–Crippen LogP) is 2.99. The molecule has 0 bridgehead atoms. The molecular formula is C17H16F2N4O2S. The van der Waals surface area contributed by atoms with E-state index in [-0.39, 0.29) is 16.6 Å². The molecule has 0 unspecified atom stereocenters. The predicted molar refractivity (Wildman–Crippen MR) is 97.2 cm³/mol. The van der Waals surface area contributed by atoms with E-state index in [9.17, 15) is 13.6 Å². The second kappa shape index (κ2) is 7.20. The lowest BCUT2D eigenvalue weighted by molar-refractivity contribution is 0.0993. The van der Waals surface area contributed by atoms with Crippen LogP contribution in [0.1, 0.15) is 40.3 Å². The summed E-state index contributed by atoms with van der Waals surface area (Å²) in [7, 11) is 0. The summed E-state index contributed by atoms with van der Waals surface area (Å²) in [5, 5.41) is 6.61. The zero-order chi connectivity index (χ0) is 18.8. The molecule has 1 aromatic heterocycles. The van der Waals surface area contributed by atoms with Crippen LogP contribution in [0.25, 0.3) is 0 Å². The third-order valence-electron chi connectivity index (χ3n) is 4.01. The number of hydrogen-bond acceptors (Lipinski definition) is 4. The van der Waals surface area contributed by atoms with E-state index < -0.39 is 17.5 Å². The fraction of sp³-hybridized carbons (Fsp3) is 0.235. The Balaban J connectivity index is 1.91. The zero-order valence-electron chi connectivity index (χ0n) is 13.9. The van der Waals surface area contributed by atoms with Crippen molar-refractivity contribution in [3.63, 3.8) is 0 Å². The van der Waals surface area contributed by atoms with Crippen LogP contribution in [0.2, 0.25) is 0 Å². The number of amides is 1. The van der Waals surface area contributed by atoms with E-state index in [4.69, 9.17) is 22.4 Å². The first-order valence-corrected chi connectivity index (χ1v) is 8.28. The summed E-state index contributed by atoms with van der Waals surface area (Å²) < 4.78 is 32.4. The molecule has 0 saturated carbocycles. The molecule has 9 heteroatoms. The Bertz CT molecular complexity index is 924. The third-order valence-corrected chi connectivity index (χ3v) is 4.10. The number of hydrazone groups is 1. The van der Waals surface area contributed by atoms with Crippen LogP contribution in [0.5, 0.6) is 0 Å². The van der Waals surface area contributed by atoms with Crippen molar-refractivity contribution < 1.29 is 18.0 Å². The maximum atomic E-state index is 13.8. The van der Waals surface area contributed by atoms with E-state index >= 15 is 0 Å². The van der Waals surface area contributed by atoms with Gasteiger partial charge in [0.1, 0.15) is 17.4 Å².